The van der Waals surface area contributed by atoms with Gasteiger partial charge < -0.3 is 14.4 Å². The zero-order chi connectivity index (χ0) is 21.3. The molecule has 1 aromatic carbocycles. The van der Waals surface area contributed by atoms with Crippen molar-refractivity contribution in [3.8, 4) is 22.8 Å². The van der Waals surface area contributed by atoms with Gasteiger partial charge in [-0.3, -0.25) is 9.48 Å². The fourth-order valence-corrected chi connectivity index (χ4v) is 5.42. The quantitative estimate of drug-likeness (QED) is 0.679. The smallest absolute Gasteiger partial charge is 0.272 e. The van der Waals surface area contributed by atoms with Crippen LogP contribution in [0.3, 0.4) is 0 Å². The molecule has 1 aromatic heterocycles. The molecule has 0 atom stereocenters. The Labute approximate surface area is 171 Å². The highest BCUT2D eigenvalue weighted by atomic mass is 32.2. The molecule has 1 aliphatic heterocycles. The van der Waals surface area contributed by atoms with Gasteiger partial charge in [-0.25, -0.2) is 8.42 Å². The molecule has 0 bridgehead atoms. The number of benzene rings is 1. The van der Waals surface area contributed by atoms with Gasteiger partial charge in [-0.15, -0.1) is 0 Å². The van der Waals surface area contributed by atoms with Crippen LogP contribution in [0, 0.1) is 5.92 Å². The van der Waals surface area contributed by atoms with Gasteiger partial charge in [0.2, 0.25) is 0 Å². The predicted octanol–water partition coefficient (Wildman–Crippen LogP) is 2.00. The van der Waals surface area contributed by atoms with Crippen molar-refractivity contribution >= 4 is 15.7 Å². The Morgan fingerprint density at radius 2 is 1.90 bits per heavy atom. The molecule has 0 spiro atoms. The molecule has 2 heterocycles. The van der Waals surface area contributed by atoms with Gasteiger partial charge >= 0.3 is 0 Å². The van der Waals surface area contributed by atoms with Crippen molar-refractivity contribution in [2.75, 3.05) is 33.1 Å². The number of hydrogen-bond donors (Lipinski definition) is 0. The molecule has 2 aromatic rings. The molecule has 0 saturated carbocycles. The summed E-state index contributed by atoms with van der Waals surface area (Å²) in [5, 5.41) is 3.96. The van der Waals surface area contributed by atoms with E-state index in [1.807, 2.05) is 13.8 Å². The molecule has 9 heteroatoms. The summed E-state index contributed by atoms with van der Waals surface area (Å²) < 4.78 is 36.9. The van der Waals surface area contributed by atoms with Crippen LogP contribution in [0.25, 0.3) is 11.3 Å². The highest BCUT2D eigenvalue weighted by Gasteiger charge is 2.40. The van der Waals surface area contributed by atoms with Crippen molar-refractivity contribution in [2.45, 2.75) is 19.1 Å². The van der Waals surface area contributed by atoms with Crippen molar-refractivity contribution in [3.63, 3.8) is 0 Å². The number of amides is 1. The van der Waals surface area contributed by atoms with Gasteiger partial charge in [-0.1, -0.05) is 13.8 Å². The van der Waals surface area contributed by atoms with E-state index in [9.17, 15) is 13.2 Å². The van der Waals surface area contributed by atoms with E-state index in [0.29, 0.717) is 28.5 Å². The molecular weight excluding hydrogens is 394 g/mol. The number of carbonyl (C=O) groups is 1. The van der Waals surface area contributed by atoms with Crippen molar-refractivity contribution in [1.29, 1.82) is 0 Å². The molecule has 0 unspecified atom stereocenters. The molecule has 1 saturated heterocycles. The first-order chi connectivity index (χ1) is 13.7. The summed E-state index contributed by atoms with van der Waals surface area (Å²) in [4.78, 5) is 14.4. The summed E-state index contributed by atoms with van der Waals surface area (Å²) in [5.74, 6) is 1.25. The van der Waals surface area contributed by atoms with Gasteiger partial charge in [0.15, 0.2) is 9.84 Å². The topological polar surface area (TPSA) is 90.7 Å². The van der Waals surface area contributed by atoms with Crippen molar-refractivity contribution in [1.82, 2.24) is 14.7 Å². The minimum atomic E-state index is -3.18. The number of hydrogen-bond acceptors (Lipinski definition) is 6. The van der Waals surface area contributed by atoms with Crippen LogP contribution in [0.1, 0.15) is 24.3 Å². The zero-order valence-corrected chi connectivity index (χ0v) is 18.2. The average Bonchev–Trinajstić information content (AvgIpc) is 3.00. The minimum absolute atomic E-state index is 0.0715. The van der Waals surface area contributed by atoms with Crippen molar-refractivity contribution < 1.29 is 22.7 Å². The zero-order valence-electron chi connectivity index (χ0n) is 17.4. The minimum Gasteiger partial charge on any atom is -0.497 e. The maximum absolute atomic E-state index is 12.9. The molecule has 1 aliphatic rings. The van der Waals surface area contributed by atoms with E-state index in [0.717, 1.165) is 0 Å². The van der Waals surface area contributed by atoms with E-state index in [-0.39, 0.29) is 30.7 Å². The maximum Gasteiger partial charge on any atom is 0.272 e. The molecule has 1 amide bonds. The van der Waals surface area contributed by atoms with Crippen LogP contribution in [0.4, 0.5) is 0 Å². The Morgan fingerprint density at radius 3 is 2.48 bits per heavy atom. The summed E-state index contributed by atoms with van der Waals surface area (Å²) in [6.45, 7) is 4.19. The van der Waals surface area contributed by atoms with Crippen LogP contribution in [-0.4, -0.2) is 67.3 Å². The van der Waals surface area contributed by atoms with E-state index in [1.54, 1.807) is 50.4 Å². The summed E-state index contributed by atoms with van der Waals surface area (Å²) in [6.07, 6.45) is 0. The van der Waals surface area contributed by atoms with Crippen molar-refractivity contribution in [2.24, 2.45) is 13.0 Å². The lowest BCUT2D eigenvalue weighted by atomic mass is 10.1. The number of sulfone groups is 1. The largest absolute Gasteiger partial charge is 0.497 e. The number of ether oxygens (including phenoxy) is 2. The lowest BCUT2D eigenvalue weighted by molar-refractivity contribution is 0.0647. The van der Waals surface area contributed by atoms with Gasteiger partial charge in [0.05, 0.1) is 30.9 Å². The maximum atomic E-state index is 12.9. The van der Waals surface area contributed by atoms with Gasteiger partial charge in [0.25, 0.3) is 5.91 Å². The molecular formula is C20H27N3O5S. The summed E-state index contributed by atoms with van der Waals surface area (Å²) in [6, 6.07) is 7.06. The van der Waals surface area contributed by atoms with Crippen LogP contribution >= 0.6 is 0 Å². The second kappa shape index (κ2) is 8.06. The lowest BCUT2D eigenvalue weighted by Gasteiger charge is -2.38. The Balaban J connectivity index is 1.79. The molecule has 8 nitrogen and oxygen atoms in total. The van der Waals surface area contributed by atoms with Gasteiger partial charge in [0.1, 0.15) is 17.2 Å². The number of aryl methyl sites for hydroxylation is 1. The Kier molecular flexibility index (Phi) is 5.88. The highest BCUT2D eigenvalue weighted by molar-refractivity contribution is 7.92. The van der Waals surface area contributed by atoms with E-state index < -0.39 is 15.1 Å². The van der Waals surface area contributed by atoms with Gasteiger partial charge in [0, 0.05) is 25.7 Å². The van der Waals surface area contributed by atoms with Crippen LogP contribution in [0.15, 0.2) is 24.3 Å². The first-order valence-electron chi connectivity index (χ1n) is 9.43. The van der Waals surface area contributed by atoms with Crippen LogP contribution in [0.5, 0.6) is 11.5 Å². The van der Waals surface area contributed by atoms with E-state index in [4.69, 9.17) is 9.47 Å². The van der Waals surface area contributed by atoms with Gasteiger partial charge in [-0.05, 0) is 30.2 Å². The molecule has 29 heavy (non-hydrogen) atoms. The first-order valence-corrected chi connectivity index (χ1v) is 11.1. The normalized spacial score (nSPS) is 14.8. The molecule has 0 aliphatic carbocycles. The van der Waals surface area contributed by atoms with E-state index in [2.05, 4.69) is 5.10 Å². The fourth-order valence-electron chi connectivity index (χ4n) is 3.41. The molecule has 1 fully saturated rings. The lowest BCUT2D eigenvalue weighted by Crippen LogP contribution is -2.57. The van der Waals surface area contributed by atoms with Crippen molar-refractivity contribution in [3.05, 3.63) is 30.0 Å². The number of aromatic nitrogens is 2. The highest BCUT2D eigenvalue weighted by Crippen LogP contribution is 2.33. The Bertz CT molecular complexity index is 1010. The average molecular weight is 422 g/mol. The summed E-state index contributed by atoms with van der Waals surface area (Å²) >= 11 is 0. The Morgan fingerprint density at radius 1 is 1.21 bits per heavy atom. The number of likely N-dealkylation sites (tertiary alicyclic amines) is 1. The molecule has 0 N–H and O–H groups in total. The number of carbonyl (C=O) groups excluding carboxylic acids is 1. The first kappa shape index (κ1) is 21.2. The summed E-state index contributed by atoms with van der Waals surface area (Å²) in [5.41, 5.74) is 1.68. The van der Waals surface area contributed by atoms with E-state index in [1.165, 1.54) is 4.68 Å². The Hall–Kier alpha value is -2.55. The molecule has 3 rings (SSSR count). The number of rotatable bonds is 7. The SMILES string of the molecule is COc1ccc(OC)c(-c2cc(C(=O)N3CC(S(=O)(=O)CC(C)C)C3)n(C)n2)c1. The monoisotopic (exact) mass is 421 g/mol. The van der Waals surface area contributed by atoms with Crippen LogP contribution < -0.4 is 9.47 Å². The second-order valence-corrected chi connectivity index (χ2v) is 9.99. The fraction of sp³-hybridized carbons (Fsp3) is 0.500. The van der Waals surface area contributed by atoms with Gasteiger partial charge in [-0.2, -0.15) is 5.10 Å². The number of nitrogens with zero attached hydrogens (tertiary/aromatic N) is 3. The third kappa shape index (κ3) is 4.24. The number of methoxy groups -OCH3 is 2. The standard InChI is InChI=1S/C20H27N3O5S/c1-13(2)12-29(25,26)15-10-23(11-15)20(24)18-9-17(21-22(18)3)16-8-14(27-4)6-7-19(16)28-5/h6-9,13,15H,10-12H2,1-5H3. The van der Waals surface area contributed by atoms with Crippen LogP contribution in [-0.2, 0) is 16.9 Å². The van der Waals surface area contributed by atoms with Crippen LogP contribution in [0.2, 0.25) is 0 Å². The third-order valence-corrected chi connectivity index (χ3v) is 7.44. The molecule has 158 valence electrons. The molecule has 0 radical (unpaired) electrons. The predicted molar refractivity (Wildman–Crippen MR) is 110 cm³/mol. The third-order valence-electron chi connectivity index (χ3n) is 4.99. The summed E-state index contributed by atoms with van der Waals surface area (Å²) in [7, 11) is 1.65. The van der Waals surface area contributed by atoms with E-state index >= 15 is 0 Å². The second-order valence-electron chi connectivity index (χ2n) is 7.66.